The first-order valence-corrected chi connectivity index (χ1v) is 13.1. The maximum atomic E-state index is 13.3. The molecule has 10 nitrogen and oxygen atoms in total. The number of rotatable bonds is 11. The van der Waals surface area contributed by atoms with Crippen LogP contribution in [0.5, 0.6) is 11.5 Å². The van der Waals surface area contributed by atoms with Gasteiger partial charge in [0.1, 0.15) is 17.3 Å². The van der Waals surface area contributed by atoms with Crippen LogP contribution < -0.4 is 19.6 Å². The van der Waals surface area contributed by atoms with Crippen molar-refractivity contribution in [1.82, 2.24) is 20.1 Å². The average molecular weight is 503 g/mol. The van der Waals surface area contributed by atoms with Crippen molar-refractivity contribution in [3.8, 4) is 11.5 Å². The number of amides is 3. The molecule has 1 saturated heterocycles. The molecule has 11 heteroatoms. The highest BCUT2D eigenvalue weighted by Gasteiger charge is 2.40. The Morgan fingerprint density at radius 1 is 1.00 bits per heavy atom. The number of nitrogens with one attached hydrogen (secondary N) is 2. The van der Waals surface area contributed by atoms with Gasteiger partial charge in [0.05, 0.1) is 26.8 Å². The van der Waals surface area contributed by atoms with E-state index in [9.17, 15) is 18.0 Å². The standard InChI is InChI=1S/C24H30N4O6S/c1-33-20-9-3-17(4-10-20)13-14-27-22(18-5-11-21(34-2)12-6-18)15-28(24(27)30)26-35(31,32)16-23(29)25-19-7-8-19/h3-6,9-12,19,22,26H,7-8,13-16H2,1-2H3,(H,25,29). The van der Waals surface area contributed by atoms with Crippen molar-refractivity contribution in [2.75, 3.05) is 33.1 Å². The first kappa shape index (κ1) is 24.8. The molecule has 188 valence electrons. The lowest BCUT2D eigenvalue weighted by atomic mass is 10.1. The monoisotopic (exact) mass is 502 g/mol. The average Bonchev–Trinajstić information content (AvgIpc) is 3.60. The topological polar surface area (TPSA) is 117 Å². The van der Waals surface area contributed by atoms with Crippen molar-refractivity contribution in [2.24, 2.45) is 0 Å². The molecule has 0 aromatic heterocycles. The van der Waals surface area contributed by atoms with Gasteiger partial charge in [0.2, 0.25) is 15.9 Å². The minimum absolute atomic E-state index is 0.0546. The molecule has 2 N–H and O–H groups in total. The summed E-state index contributed by atoms with van der Waals surface area (Å²) in [5.74, 6) is 0.122. The van der Waals surface area contributed by atoms with Crippen molar-refractivity contribution >= 4 is 22.0 Å². The number of methoxy groups -OCH3 is 2. The van der Waals surface area contributed by atoms with E-state index in [4.69, 9.17) is 9.47 Å². The number of hydrazine groups is 1. The van der Waals surface area contributed by atoms with Gasteiger partial charge in [-0.3, -0.25) is 4.79 Å². The third kappa shape index (κ3) is 6.43. The van der Waals surface area contributed by atoms with Crippen LogP contribution in [0.15, 0.2) is 48.5 Å². The lowest BCUT2D eigenvalue weighted by Crippen LogP contribution is -2.48. The third-order valence-corrected chi connectivity index (χ3v) is 7.16. The lowest BCUT2D eigenvalue weighted by Gasteiger charge is -2.23. The Balaban J connectivity index is 1.48. The molecule has 0 spiro atoms. The fourth-order valence-corrected chi connectivity index (χ4v) is 4.97. The molecular weight excluding hydrogens is 472 g/mol. The molecule has 35 heavy (non-hydrogen) atoms. The summed E-state index contributed by atoms with van der Waals surface area (Å²) < 4.78 is 35.6. The fraction of sp³-hybridized carbons (Fsp3) is 0.417. The largest absolute Gasteiger partial charge is 0.497 e. The normalized spacial score (nSPS) is 18.0. The highest BCUT2D eigenvalue weighted by molar-refractivity contribution is 7.90. The Labute approximate surface area is 205 Å². The zero-order valence-corrected chi connectivity index (χ0v) is 20.6. The van der Waals surface area contributed by atoms with Gasteiger partial charge in [0, 0.05) is 12.6 Å². The SMILES string of the molecule is COc1ccc(CCN2C(=O)N(NS(=O)(=O)CC(=O)NC3CC3)CC2c2ccc(OC)cc2)cc1. The van der Waals surface area contributed by atoms with E-state index in [1.54, 1.807) is 31.3 Å². The van der Waals surface area contributed by atoms with Crippen LogP contribution in [0.25, 0.3) is 0 Å². The summed E-state index contributed by atoms with van der Waals surface area (Å²) >= 11 is 0. The van der Waals surface area contributed by atoms with Crippen molar-refractivity contribution in [1.29, 1.82) is 0 Å². The van der Waals surface area contributed by atoms with Gasteiger partial charge in [-0.25, -0.2) is 18.2 Å². The molecule has 0 bridgehead atoms. The summed E-state index contributed by atoms with van der Waals surface area (Å²) in [6, 6.07) is 14.1. The Kier molecular flexibility index (Phi) is 7.46. The molecular formula is C24H30N4O6S. The van der Waals surface area contributed by atoms with E-state index in [-0.39, 0.29) is 18.6 Å². The van der Waals surface area contributed by atoms with Crippen LogP contribution in [-0.4, -0.2) is 69.4 Å². The third-order valence-electron chi connectivity index (χ3n) is 6.02. The van der Waals surface area contributed by atoms with Crippen LogP contribution in [-0.2, 0) is 21.2 Å². The Morgan fingerprint density at radius 2 is 1.60 bits per heavy atom. The van der Waals surface area contributed by atoms with Gasteiger partial charge in [0.25, 0.3) is 0 Å². The molecule has 0 radical (unpaired) electrons. The van der Waals surface area contributed by atoms with Crippen LogP contribution in [0.1, 0.15) is 30.0 Å². The van der Waals surface area contributed by atoms with Gasteiger partial charge in [0.15, 0.2) is 0 Å². The maximum absolute atomic E-state index is 13.3. The summed E-state index contributed by atoms with van der Waals surface area (Å²) in [6.45, 7) is 0.486. The molecule has 4 rings (SSSR count). The highest BCUT2D eigenvalue weighted by atomic mass is 32.2. The van der Waals surface area contributed by atoms with E-state index in [0.29, 0.717) is 18.7 Å². The Bertz CT molecular complexity index is 1150. The minimum Gasteiger partial charge on any atom is -0.497 e. The molecule has 3 amide bonds. The molecule has 1 aliphatic heterocycles. The number of hydrogen-bond acceptors (Lipinski definition) is 6. The van der Waals surface area contributed by atoms with Gasteiger partial charge in [-0.05, 0) is 54.7 Å². The second-order valence-electron chi connectivity index (χ2n) is 8.67. The summed E-state index contributed by atoms with van der Waals surface area (Å²) in [6.07, 6.45) is 2.29. The van der Waals surface area contributed by atoms with Gasteiger partial charge >= 0.3 is 6.03 Å². The second kappa shape index (κ2) is 10.5. The zero-order valence-electron chi connectivity index (χ0n) is 19.8. The number of sulfonamides is 1. The molecule has 1 heterocycles. The van der Waals surface area contributed by atoms with Crippen LogP contribution in [0.3, 0.4) is 0 Å². The van der Waals surface area contributed by atoms with Crippen molar-refractivity contribution in [2.45, 2.75) is 31.3 Å². The van der Waals surface area contributed by atoms with Gasteiger partial charge < -0.3 is 19.7 Å². The van der Waals surface area contributed by atoms with E-state index in [2.05, 4.69) is 10.1 Å². The van der Waals surface area contributed by atoms with Crippen LogP contribution in [0, 0.1) is 0 Å². The number of hydrogen-bond donors (Lipinski definition) is 2. The number of benzene rings is 2. The van der Waals surface area contributed by atoms with Gasteiger partial charge in [-0.15, -0.1) is 4.83 Å². The van der Waals surface area contributed by atoms with Crippen LogP contribution in [0.4, 0.5) is 4.79 Å². The Hall–Kier alpha value is -3.31. The number of nitrogens with zero attached hydrogens (tertiary/aromatic N) is 2. The highest BCUT2D eigenvalue weighted by Crippen LogP contribution is 2.30. The van der Waals surface area contributed by atoms with Crippen molar-refractivity contribution in [3.05, 3.63) is 59.7 Å². The van der Waals surface area contributed by atoms with Crippen molar-refractivity contribution < 1.29 is 27.5 Å². The summed E-state index contributed by atoms with van der Waals surface area (Å²) in [7, 11) is -0.873. The van der Waals surface area contributed by atoms with Crippen LogP contribution in [0.2, 0.25) is 0 Å². The quantitative estimate of drug-likeness (QED) is 0.484. The van der Waals surface area contributed by atoms with E-state index in [0.717, 1.165) is 34.7 Å². The second-order valence-corrected chi connectivity index (χ2v) is 10.4. The molecule has 1 unspecified atom stereocenters. The van der Waals surface area contributed by atoms with Gasteiger partial charge in [-0.2, -0.15) is 0 Å². The van der Waals surface area contributed by atoms with E-state index < -0.39 is 27.7 Å². The molecule has 1 saturated carbocycles. The molecule has 2 fully saturated rings. The maximum Gasteiger partial charge on any atom is 0.335 e. The fourth-order valence-electron chi connectivity index (χ4n) is 3.99. The molecule has 2 aromatic rings. The molecule has 2 aromatic carbocycles. The van der Waals surface area contributed by atoms with E-state index >= 15 is 0 Å². The van der Waals surface area contributed by atoms with E-state index in [1.165, 1.54) is 0 Å². The van der Waals surface area contributed by atoms with Crippen molar-refractivity contribution in [3.63, 3.8) is 0 Å². The predicted octanol–water partition coefficient (Wildman–Crippen LogP) is 1.84. The molecule has 2 aliphatic rings. The van der Waals surface area contributed by atoms with E-state index in [1.807, 2.05) is 36.4 Å². The number of carbonyl (C=O) groups is 2. The van der Waals surface area contributed by atoms with Crippen LogP contribution >= 0.6 is 0 Å². The molecule has 1 atom stereocenters. The summed E-state index contributed by atoms with van der Waals surface area (Å²) in [4.78, 5) is 29.2. The predicted molar refractivity (Wildman–Crippen MR) is 129 cm³/mol. The first-order chi connectivity index (χ1) is 16.8. The first-order valence-electron chi connectivity index (χ1n) is 11.4. The Morgan fingerprint density at radius 3 is 2.17 bits per heavy atom. The summed E-state index contributed by atoms with van der Waals surface area (Å²) in [5.41, 5.74) is 1.87. The smallest absolute Gasteiger partial charge is 0.335 e. The lowest BCUT2D eigenvalue weighted by molar-refractivity contribution is -0.118. The minimum atomic E-state index is -4.05. The zero-order chi connectivity index (χ0) is 25.0. The number of urea groups is 1. The molecule has 1 aliphatic carbocycles. The summed E-state index contributed by atoms with van der Waals surface area (Å²) in [5, 5.41) is 3.73. The number of carbonyl (C=O) groups excluding carboxylic acids is 2. The number of ether oxygens (including phenoxy) is 2. The van der Waals surface area contributed by atoms with Gasteiger partial charge in [-0.1, -0.05) is 24.3 Å².